The molecule has 1 aliphatic rings. The minimum atomic E-state index is -0.0606. The highest BCUT2D eigenvalue weighted by atomic mass is 35.5. The van der Waals surface area contributed by atoms with Crippen molar-refractivity contribution in [1.29, 1.82) is 0 Å². The zero-order valence-corrected chi connectivity index (χ0v) is 16.7. The number of amides is 1. The Kier molecular flexibility index (Phi) is 6.67. The number of carbonyl (C=O) groups is 1. The van der Waals surface area contributed by atoms with Crippen LogP contribution in [-0.2, 0) is 7.05 Å². The summed E-state index contributed by atoms with van der Waals surface area (Å²) in [6.45, 7) is 1.25. The maximum Gasteiger partial charge on any atom is 0.261 e. The summed E-state index contributed by atoms with van der Waals surface area (Å²) in [5.41, 5.74) is 7.51. The molecule has 0 spiro atoms. The summed E-state index contributed by atoms with van der Waals surface area (Å²) in [6, 6.07) is 1.84. The molecule has 0 bridgehead atoms. The highest BCUT2D eigenvalue weighted by Crippen LogP contribution is 2.30. The maximum absolute atomic E-state index is 12.5. The zero-order chi connectivity index (χ0) is 18.5. The number of nitrogens with one attached hydrogen (secondary N) is 1. The van der Waals surface area contributed by atoms with Crippen molar-refractivity contribution >= 4 is 28.8 Å². The number of hydrogen-bond donors (Lipinski definition) is 2. The molecule has 8 heteroatoms. The fourth-order valence-corrected chi connectivity index (χ4v) is 4.77. The fraction of sp³-hybridized carbons (Fsp3) is 0.611. The molecule has 26 heavy (non-hydrogen) atoms. The molecular weight excluding hydrogens is 370 g/mol. The second kappa shape index (κ2) is 8.97. The van der Waals surface area contributed by atoms with Crippen LogP contribution in [0.4, 0.5) is 0 Å². The van der Waals surface area contributed by atoms with Gasteiger partial charge in [-0.2, -0.15) is 0 Å². The molecule has 1 amide bonds. The van der Waals surface area contributed by atoms with Crippen molar-refractivity contribution in [2.75, 3.05) is 13.1 Å². The monoisotopic (exact) mass is 395 g/mol. The van der Waals surface area contributed by atoms with Gasteiger partial charge in [-0.15, -0.1) is 16.4 Å². The van der Waals surface area contributed by atoms with E-state index in [1.54, 1.807) is 11.7 Å². The average molecular weight is 396 g/mol. The molecular formula is C18H26ClN5OS. The quantitative estimate of drug-likeness (QED) is 0.751. The first-order valence-electron chi connectivity index (χ1n) is 9.20. The van der Waals surface area contributed by atoms with Gasteiger partial charge in [0.05, 0.1) is 4.88 Å². The van der Waals surface area contributed by atoms with Gasteiger partial charge in [0.2, 0.25) is 0 Å². The zero-order valence-electron chi connectivity index (χ0n) is 15.1. The van der Waals surface area contributed by atoms with Gasteiger partial charge in [-0.25, -0.2) is 4.68 Å². The lowest BCUT2D eigenvalue weighted by molar-refractivity contribution is 0.0948. The number of carbonyl (C=O) groups excluding carboxylic acids is 1. The molecule has 0 aliphatic heterocycles. The van der Waals surface area contributed by atoms with E-state index in [-0.39, 0.29) is 5.91 Å². The van der Waals surface area contributed by atoms with E-state index in [0.29, 0.717) is 29.0 Å². The van der Waals surface area contributed by atoms with E-state index in [9.17, 15) is 4.79 Å². The van der Waals surface area contributed by atoms with Crippen molar-refractivity contribution in [2.45, 2.75) is 38.5 Å². The maximum atomic E-state index is 12.5. The average Bonchev–Trinajstić information content (AvgIpc) is 3.25. The smallest absolute Gasteiger partial charge is 0.261 e. The molecule has 0 aromatic carbocycles. The molecule has 2 aromatic heterocycles. The Hall–Kier alpha value is -1.44. The topological polar surface area (TPSA) is 85.8 Å². The minimum absolute atomic E-state index is 0.0606. The minimum Gasteiger partial charge on any atom is -0.351 e. The Morgan fingerprint density at radius 1 is 1.46 bits per heavy atom. The van der Waals surface area contributed by atoms with Gasteiger partial charge in [-0.05, 0) is 30.9 Å². The third-order valence-electron chi connectivity index (χ3n) is 5.16. The largest absolute Gasteiger partial charge is 0.351 e. The molecule has 6 nitrogen and oxygen atoms in total. The first kappa shape index (κ1) is 19.3. The summed E-state index contributed by atoms with van der Waals surface area (Å²) in [4.78, 5) is 13.2. The Balaban J connectivity index is 1.56. The predicted octanol–water partition coefficient (Wildman–Crippen LogP) is 3.47. The lowest BCUT2D eigenvalue weighted by Gasteiger charge is -2.26. The predicted molar refractivity (Wildman–Crippen MR) is 105 cm³/mol. The van der Waals surface area contributed by atoms with Gasteiger partial charge >= 0.3 is 0 Å². The number of hydrogen-bond acceptors (Lipinski definition) is 5. The highest BCUT2D eigenvalue weighted by molar-refractivity contribution is 7.12. The fourth-order valence-electron chi connectivity index (χ4n) is 3.70. The number of aromatic nitrogens is 3. The summed E-state index contributed by atoms with van der Waals surface area (Å²) < 4.78 is 1.61. The molecule has 142 valence electrons. The second-order valence-electron chi connectivity index (χ2n) is 7.10. The van der Waals surface area contributed by atoms with E-state index < -0.39 is 0 Å². The highest BCUT2D eigenvalue weighted by Gasteiger charge is 2.20. The van der Waals surface area contributed by atoms with Gasteiger partial charge in [-0.3, -0.25) is 4.79 Å². The van der Waals surface area contributed by atoms with Gasteiger partial charge in [-0.1, -0.05) is 48.9 Å². The van der Waals surface area contributed by atoms with Gasteiger partial charge in [0.1, 0.15) is 5.69 Å². The van der Waals surface area contributed by atoms with Crippen molar-refractivity contribution in [3.05, 3.63) is 21.5 Å². The van der Waals surface area contributed by atoms with Crippen LogP contribution < -0.4 is 11.1 Å². The third-order valence-corrected chi connectivity index (χ3v) is 6.34. The van der Waals surface area contributed by atoms with Crippen LogP contribution in [0.1, 0.15) is 48.2 Å². The first-order valence-corrected chi connectivity index (χ1v) is 10.5. The van der Waals surface area contributed by atoms with Crippen LogP contribution in [0.3, 0.4) is 0 Å². The van der Waals surface area contributed by atoms with E-state index in [2.05, 4.69) is 15.6 Å². The van der Waals surface area contributed by atoms with Gasteiger partial charge in [0, 0.05) is 24.5 Å². The van der Waals surface area contributed by atoms with E-state index in [4.69, 9.17) is 17.3 Å². The molecule has 1 saturated carbocycles. The van der Waals surface area contributed by atoms with E-state index in [0.717, 1.165) is 23.6 Å². The number of nitrogens with zero attached hydrogens (tertiary/aromatic N) is 3. The van der Waals surface area contributed by atoms with Gasteiger partial charge in [0.25, 0.3) is 5.91 Å². The molecule has 1 atom stereocenters. The Morgan fingerprint density at radius 3 is 2.88 bits per heavy atom. The normalized spacial score (nSPS) is 16.6. The second-order valence-corrected chi connectivity index (χ2v) is 8.37. The SMILES string of the molecule is Cn1nnc(Cl)c1-c1csc(C(=O)NCC(CN)CC2CCCCC2)c1. The molecule has 3 N–H and O–H groups in total. The Morgan fingerprint density at radius 2 is 2.23 bits per heavy atom. The molecule has 0 radical (unpaired) electrons. The van der Waals surface area contributed by atoms with E-state index >= 15 is 0 Å². The van der Waals surface area contributed by atoms with Crippen molar-refractivity contribution in [2.24, 2.45) is 24.6 Å². The van der Waals surface area contributed by atoms with Crippen LogP contribution in [-0.4, -0.2) is 34.0 Å². The molecule has 1 fully saturated rings. The lowest BCUT2D eigenvalue weighted by atomic mass is 9.83. The van der Waals surface area contributed by atoms with Crippen LogP contribution in [0.15, 0.2) is 11.4 Å². The summed E-state index contributed by atoms with van der Waals surface area (Å²) in [7, 11) is 1.78. The standard InChI is InChI=1S/C18H26ClN5OS/c1-24-16(17(19)22-23-24)14-8-15(26-11-14)18(25)21-10-13(9-20)7-12-5-3-2-4-6-12/h8,11-13H,2-7,9-10,20H2,1H3,(H,21,25). The molecule has 1 unspecified atom stereocenters. The van der Waals surface area contributed by atoms with E-state index in [1.807, 2.05) is 11.4 Å². The lowest BCUT2D eigenvalue weighted by Crippen LogP contribution is -2.33. The van der Waals surface area contributed by atoms with Crippen LogP contribution in [0.25, 0.3) is 11.3 Å². The summed E-state index contributed by atoms with van der Waals surface area (Å²) >= 11 is 7.48. The first-order chi connectivity index (χ1) is 12.6. The third kappa shape index (κ3) is 4.64. The van der Waals surface area contributed by atoms with Crippen molar-refractivity contribution in [3.8, 4) is 11.3 Å². The van der Waals surface area contributed by atoms with Crippen molar-refractivity contribution < 1.29 is 4.79 Å². The molecule has 2 aromatic rings. The number of rotatable bonds is 7. The van der Waals surface area contributed by atoms with Crippen LogP contribution in [0, 0.1) is 11.8 Å². The molecule has 0 saturated heterocycles. The van der Waals surface area contributed by atoms with Crippen LogP contribution >= 0.6 is 22.9 Å². The summed E-state index contributed by atoms with van der Waals surface area (Å²) in [6.07, 6.45) is 7.74. The summed E-state index contributed by atoms with van der Waals surface area (Å²) in [5.74, 6) is 1.05. The number of halogens is 1. The Labute approximate surface area is 163 Å². The number of thiophene rings is 1. The number of nitrogens with two attached hydrogens (primary N) is 1. The van der Waals surface area contributed by atoms with Crippen LogP contribution in [0.2, 0.25) is 5.15 Å². The van der Waals surface area contributed by atoms with Gasteiger partial charge < -0.3 is 11.1 Å². The van der Waals surface area contributed by atoms with Crippen LogP contribution in [0.5, 0.6) is 0 Å². The van der Waals surface area contributed by atoms with E-state index in [1.165, 1.54) is 43.4 Å². The van der Waals surface area contributed by atoms with Gasteiger partial charge in [0.15, 0.2) is 5.15 Å². The molecule has 2 heterocycles. The summed E-state index contributed by atoms with van der Waals surface area (Å²) in [5, 5.41) is 13.0. The number of aryl methyl sites for hydroxylation is 1. The van der Waals surface area contributed by atoms with Crippen molar-refractivity contribution in [1.82, 2.24) is 20.3 Å². The van der Waals surface area contributed by atoms with Crippen molar-refractivity contribution in [3.63, 3.8) is 0 Å². The Bertz CT molecular complexity index is 718. The molecule has 3 rings (SSSR count). The molecule has 1 aliphatic carbocycles.